The van der Waals surface area contributed by atoms with Crippen LogP contribution in [0.15, 0.2) is 24.5 Å². The molecule has 0 fully saturated rings. The topological polar surface area (TPSA) is 67.6 Å². The number of fused-ring (bicyclic) bond motifs is 3. The molecule has 0 aliphatic rings. The predicted octanol–water partition coefficient (Wildman–Crippen LogP) is 2.26. The van der Waals surface area contributed by atoms with E-state index in [4.69, 9.17) is 5.73 Å². The molecular formula is C12H12N4. The Hall–Kier alpha value is -2.10. The van der Waals surface area contributed by atoms with Crippen molar-refractivity contribution in [2.45, 2.75) is 13.3 Å². The van der Waals surface area contributed by atoms with Crippen molar-refractivity contribution in [3.8, 4) is 0 Å². The van der Waals surface area contributed by atoms with Gasteiger partial charge >= 0.3 is 0 Å². The molecule has 0 spiro atoms. The van der Waals surface area contributed by atoms with Crippen LogP contribution in [-0.2, 0) is 6.42 Å². The number of hydrogen-bond donors (Lipinski definition) is 2. The Labute approximate surface area is 92.5 Å². The summed E-state index contributed by atoms with van der Waals surface area (Å²) in [5.74, 6) is 0.508. The van der Waals surface area contributed by atoms with Crippen LogP contribution >= 0.6 is 0 Å². The number of hydrogen-bond acceptors (Lipinski definition) is 3. The molecule has 0 amide bonds. The third-order valence-corrected chi connectivity index (χ3v) is 2.88. The third-order valence-electron chi connectivity index (χ3n) is 2.88. The SMILES string of the molecule is CCc1cccc2nc(N)c3[nH]cnc3c12. The Kier molecular flexibility index (Phi) is 1.83. The van der Waals surface area contributed by atoms with Gasteiger partial charge in [0.25, 0.3) is 0 Å². The molecule has 3 N–H and O–H groups in total. The van der Waals surface area contributed by atoms with Crippen LogP contribution in [0.25, 0.3) is 21.9 Å². The number of benzene rings is 1. The van der Waals surface area contributed by atoms with Crippen LogP contribution < -0.4 is 5.73 Å². The van der Waals surface area contributed by atoms with E-state index in [1.54, 1.807) is 6.33 Å². The number of H-pyrrole nitrogens is 1. The van der Waals surface area contributed by atoms with Crippen LogP contribution in [-0.4, -0.2) is 15.0 Å². The summed E-state index contributed by atoms with van der Waals surface area (Å²) in [5, 5.41) is 1.11. The zero-order valence-electron chi connectivity index (χ0n) is 8.99. The van der Waals surface area contributed by atoms with Crippen LogP contribution in [0, 0.1) is 0 Å². The average molecular weight is 212 g/mol. The lowest BCUT2D eigenvalue weighted by atomic mass is 10.0. The van der Waals surface area contributed by atoms with E-state index in [0.29, 0.717) is 5.82 Å². The first-order chi connectivity index (χ1) is 7.81. The Morgan fingerprint density at radius 1 is 1.38 bits per heavy atom. The quantitative estimate of drug-likeness (QED) is 0.650. The van der Waals surface area contributed by atoms with Gasteiger partial charge in [-0.25, -0.2) is 9.97 Å². The van der Waals surface area contributed by atoms with Gasteiger partial charge in [-0.05, 0) is 18.1 Å². The van der Waals surface area contributed by atoms with Gasteiger partial charge in [-0.2, -0.15) is 0 Å². The van der Waals surface area contributed by atoms with Crippen molar-refractivity contribution in [3.63, 3.8) is 0 Å². The lowest BCUT2D eigenvalue weighted by molar-refractivity contribution is 1.16. The molecule has 0 atom stereocenters. The first-order valence-electron chi connectivity index (χ1n) is 5.31. The van der Waals surface area contributed by atoms with Gasteiger partial charge < -0.3 is 10.7 Å². The number of rotatable bonds is 1. The Bertz CT molecular complexity index is 669. The molecule has 0 aliphatic heterocycles. The molecule has 0 saturated heterocycles. The number of nitrogens with zero attached hydrogens (tertiary/aromatic N) is 2. The molecule has 3 rings (SSSR count). The molecule has 1 aromatic carbocycles. The first-order valence-corrected chi connectivity index (χ1v) is 5.31. The number of nitrogens with one attached hydrogen (secondary N) is 1. The molecule has 0 unspecified atom stereocenters. The first kappa shape index (κ1) is 9.15. The van der Waals surface area contributed by atoms with Crippen molar-refractivity contribution < 1.29 is 0 Å². The van der Waals surface area contributed by atoms with Crippen LogP contribution in [0.1, 0.15) is 12.5 Å². The standard InChI is InChI=1S/C12H12N4/c1-2-7-4-3-5-8-9(7)10-11(12(13)16-8)15-6-14-10/h3-6H,2H2,1H3,(H2,13,16)(H,14,15). The smallest absolute Gasteiger partial charge is 0.150 e. The lowest BCUT2D eigenvalue weighted by Crippen LogP contribution is -1.95. The maximum absolute atomic E-state index is 5.88. The number of aromatic amines is 1. The number of aromatic nitrogens is 3. The monoisotopic (exact) mass is 212 g/mol. The molecule has 0 saturated carbocycles. The summed E-state index contributed by atoms with van der Waals surface area (Å²) >= 11 is 0. The van der Waals surface area contributed by atoms with Crippen LogP contribution in [0.5, 0.6) is 0 Å². The van der Waals surface area contributed by atoms with E-state index in [2.05, 4.69) is 27.9 Å². The molecule has 2 heterocycles. The van der Waals surface area contributed by atoms with Crippen molar-refractivity contribution in [2.75, 3.05) is 5.73 Å². The van der Waals surface area contributed by atoms with Gasteiger partial charge in [0.2, 0.25) is 0 Å². The lowest BCUT2D eigenvalue weighted by Gasteiger charge is -2.05. The van der Waals surface area contributed by atoms with Gasteiger partial charge in [0.1, 0.15) is 16.9 Å². The summed E-state index contributed by atoms with van der Waals surface area (Å²) < 4.78 is 0. The number of pyridine rings is 1. The van der Waals surface area contributed by atoms with E-state index < -0.39 is 0 Å². The molecule has 4 heteroatoms. The molecule has 0 aliphatic carbocycles. The van der Waals surface area contributed by atoms with Gasteiger partial charge in [-0.3, -0.25) is 0 Å². The second-order valence-electron chi connectivity index (χ2n) is 3.79. The maximum Gasteiger partial charge on any atom is 0.150 e. The van der Waals surface area contributed by atoms with E-state index in [0.717, 1.165) is 28.4 Å². The largest absolute Gasteiger partial charge is 0.382 e. The fraction of sp³-hybridized carbons (Fsp3) is 0.167. The van der Waals surface area contributed by atoms with Crippen LogP contribution in [0.3, 0.4) is 0 Å². The van der Waals surface area contributed by atoms with E-state index in [-0.39, 0.29) is 0 Å². The summed E-state index contributed by atoms with van der Waals surface area (Å²) in [7, 11) is 0. The van der Waals surface area contributed by atoms with E-state index in [1.165, 1.54) is 5.56 Å². The summed E-state index contributed by atoms with van der Waals surface area (Å²) in [6.45, 7) is 2.13. The van der Waals surface area contributed by atoms with E-state index in [1.807, 2.05) is 12.1 Å². The van der Waals surface area contributed by atoms with Crippen molar-refractivity contribution in [1.82, 2.24) is 15.0 Å². The molecule has 0 radical (unpaired) electrons. The van der Waals surface area contributed by atoms with Crippen molar-refractivity contribution >= 4 is 27.8 Å². The zero-order chi connectivity index (χ0) is 11.1. The number of aryl methyl sites for hydroxylation is 1. The van der Waals surface area contributed by atoms with Gasteiger partial charge in [0.05, 0.1) is 11.8 Å². The maximum atomic E-state index is 5.88. The second-order valence-corrected chi connectivity index (χ2v) is 3.79. The van der Waals surface area contributed by atoms with Crippen LogP contribution in [0.2, 0.25) is 0 Å². The minimum absolute atomic E-state index is 0.508. The molecule has 80 valence electrons. The highest BCUT2D eigenvalue weighted by Crippen LogP contribution is 2.27. The van der Waals surface area contributed by atoms with Crippen molar-refractivity contribution in [3.05, 3.63) is 30.1 Å². The molecule has 16 heavy (non-hydrogen) atoms. The molecule has 0 bridgehead atoms. The van der Waals surface area contributed by atoms with Gasteiger partial charge in [-0.15, -0.1) is 0 Å². The van der Waals surface area contributed by atoms with Crippen molar-refractivity contribution in [1.29, 1.82) is 0 Å². The van der Waals surface area contributed by atoms with Crippen LogP contribution in [0.4, 0.5) is 5.82 Å². The molecule has 2 aromatic heterocycles. The molecule has 3 aromatic rings. The Balaban J connectivity index is 2.60. The number of nitrogens with two attached hydrogens (primary N) is 1. The van der Waals surface area contributed by atoms with Gasteiger partial charge in [-0.1, -0.05) is 19.1 Å². The highest BCUT2D eigenvalue weighted by atomic mass is 14.9. The summed E-state index contributed by atoms with van der Waals surface area (Å²) in [4.78, 5) is 11.8. The zero-order valence-corrected chi connectivity index (χ0v) is 8.99. The minimum Gasteiger partial charge on any atom is -0.382 e. The summed E-state index contributed by atoms with van der Waals surface area (Å²) in [6.07, 6.45) is 2.62. The second kappa shape index (κ2) is 3.20. The van der Waals surface area contributed by atoms with Crippen molar-refractivity contribution in [2.24, 2.45) is 0 Å². The summed E-state index contributed by atoms with van der Waals surface area (Å²) in [5.41, 5.74) is 9.79. The van der Waals surface area contributed by atoms with Gasteiger partial charge in [0, 0.05) is 5.39 Å². The normalized spacial score (nSPS) is 11.3. The van der Waals surface area contributed by atoms with E-state index >= 15 is 0 Å². The Morgan fingerprint density at radius 3 is 3.06 bits per heavy atom. The Morgan fingerprint density at radius 2 is 2.25 bits per heavy atom. The third kappa shape index (κ3) is 1.10. The number of anilines is 1. The number of imidazole rings is 1. The fourth-order valence-electron chi connectivity index (χ4n) is 2.11. The minimum atomic E-state index is 0.508. The average Bonchev–Trinajstić information content (AvgIpc) is 2.77. The van der Waals surface area contributed by atoms with Gasteiger partial charge in [0.15, 0.2) is 0 Å². The highest BCUT2D eigenvalue weighted by molar-refractivity contribution is 6.07. The molecule has 4 nitrogen and oxygen atoms in total. The predicted molar refractivity (Wildman–Crippen MR) is 65.2 cm³/mol. The fourth-order valence-corrected chi connectivity index (χ4v) is 2.11. The highest BCUT2D eigenvalue weighted by Gasteiger charge is 2.10. The van der Waals surface area contributed by atoms with E-state index in [9.17, 15) is 0 Å². The molecular weight excluding hydrogens is 200 g/mol. The summed E-state index contributed by atoms with van der Waals surface area (Å²) in [6, 6.07) is 6.08. The number of nitrogen functional groups attached to an aromatic ring is 1.